The third kappa shape index (κ3) is 6.26. The summed E-state index contributed by atoms with van der Waals surface area (Å²) >= 11 is 0. The summed E-state index contributed by atoms with van der Waals surface area (Å²) in [6.45, 7) is 0. The molecule has 0 aliphatic rings. The normalized spacial score (nSPS) is 11.6. The van der Waals surface area contributed by atoms with E-state index in [4.69, 9.17) is 4.42 Å². The van der Waals surface area contributed by atoms with E-state index in [0.29, 0.717) is 0 Å². The van der Waals surface area contributed by atoms with Gasteiger partial charge in [-0.2, -0.15) is 0 Å². The van der Waals surface area contributed by atoms with Gasteiger partial charge in [0.25, 0.3) is 0 Å². The van der Waals surface area contributed by atoms with Gasteiger partial charge in [-0.15, -0.1) is 0 Å². The van der Waals surface area contributed by atoms with Crippen LogP contribution in [0.25, 0.3) is 110 Å². The van der Waals surface area contributed by atoms with Crippen LogP contribution in [0, 0.1) is 0 Å². The Labute approximate surface area is 382 Å². The molecule has 0 fully saturated rings. The zero-order chi connectivity index (χ0) is 43.6. The second kappa shape index (κ2) is 15.5. The SMILES string of the molecule is c1ccc(N(c2ccc(-c3ccc(-c4cccc5c4ccc4ccccc45)cc3)cc2)c2ccc(-c3cccc4oc5ccccc5c34)cc2)c(-c2cccc3c2ccc2ccccc23)c1. The number of hydrogen-bond acceptors (Lipinski definition) is 2. The van der Waals surface area contributed by atoms with Gasteiger partial charge in [-0.25, -0.2) is 0 Å². The molecule has 2 heteroatoms. The van der Waals surface area contributed by atoms with E-state index in [1.54, 1.807) is 0 Å². The molecule has 0 saturated heterocycles. The molecule has 12 aromatic carbocycles. The molecule has 0 unspecified atom stereocenters. The van der Waals surface area contributed by atoms with Crippen molar-refractivity contribution < 1.29 is 4.42 Å². The number of anilines is 3. The van der Waals surface area contributed by atoms with Crippen molar-refractivity contribution >= 4 is 82.1 Å². The van der Waals surface area contributed by atoms with Crippen molar-refractivity contribution in [3.8, 4) is 44.5 Å². The Morgan fingerprint density at radius 3 is 1.36 bits per heavy atom. The Morgan fingerprint density at radius 2 is 0.682 bits per heavy atom. The molecule has 0 radical (unpaired) electrons. The van der Waals surface area contributed by atoms with Gasteiger partial charge in [0.05, 0.1) is 5.69 Å². The first-order valence-electron chi connectivity index (χ1n) is 22.7. The van der Waals surface area contributed by atoms with Gasteiger partial charge in [0, 0.05) is 27.7 Å². The Balaban J connectivity index is 0.912. The average molecular weight is 840 g/mol. The molecule has 1 aromatic heterocycles. The highest BCUT2D eigenvalue weighted by molar-refractivity contribution is 6.15. The highest BCUT2D eigenvalue weighted by Crippen LogP contribution is 2.45. The van der Waals surface area contributed by atoms with Gasteiger partial charge in [-0.1, -0.05) is 206 Å². The highest BCUT2D eigenvalue weighted by Gasteiger charge is 2.20. The molecule has 13 aromatic rings. The number of benzene rings is 12. The van der Waals surface area contributed by atoms with Crippen molar-refractivity contribution in [3.05, 3.63) is 249 Å². The van der Waals surface area contributed by atoms with Gasteiger partial charge in [-0.05, 0) is 124 Å². The molecule has 0 amide bonds. The lowest BCUT2D eigenvalue weighted by atomic mass is 9.93. The largest absolute Gasteiger partial charge is 0.456 e. The van der Waals surface area contributed by atoms with Crippen LogP contribution in [-0.4, -0.2) is 0 Å². The fraction of sp³-hybridized carbons (Fsp3) is 0. The fourth-order valence-electron chi connectivity index (χ4n) is 10.3. The topological polar surface area (TPSA) is 16.4 Å². The van der Waals surface area contributed by atoms with E-state index in [9.17, 15) is 0 Å². The van der Waals surface area contributed by atoms with E-state index in [0.717, 1.165) is 55.7 Å². The maximum Gasteiger partial charge on any atom is 0.136 e. The van der Waals surface area contributed by atoms with E-state index in [1.807, 2.05) is 12.1 Å². The molecule has 1 heterocycles. The van der Waals surface area contributed by atoms with Crippen molar-refractivity contribution in [2.24, 2.45) is 0 Å². The summed E-state index contributed by atoms with van der Waals surface area (Å²) in [6.07, 6.45) is 0. The lowest BCUT2D eigenvalue weighted by Crippen LogP contribution is -2.11. The predicted molar refractivity (Wildman–Crippen MR) is 280 cm³/mol. The van der Waals surface area contributed by atoms with Crippen LogP contribution in [0.4, 0.5) is 17.1 Å². The molecule has 13 rings (SSSR count). The molecule has 0 aliphatic carbocycles. The van der Waals surface area contributed by atoms with Crippen LogP contribution in [0.5, 0.6) is 0 Å². The lowest BCUT2D eigenvalue weighted by molar-refractivity contribution is 0.669. The Hall–Kier alpha value is -8.72. The molecule has 0 bridgehead atoms. The number of para-hydroxylation sites is 2. The minimum absolute atomic E-state index is 0.896. The van der Waals surface area contributed by atoms with Crippen LogP contribution in [-0.2, 0) is 0 Å². The zero-order valence-corrected chi connectivity index (χ0v) is 36.0. The second-order valence-electron chi connectivity index (χ2n) is 17.2. The Bertz CT molecular complexity index is 3970. The third-order valence-electron chi connectivity index (χ3n) is 13.5. The molecular formula is C64H41NO. The molecule has 0 N–H and O–H groups in total. The maximum atomic E-state index is 6.29. The van der Waals surface area contributed by atoms with Crippen LogP contribution in [0.15, 0.2) is 253 Å². The number of hydrogen-bond donors (Lipinski definition) is 0. The number of furan rings is 1. The van der Waals surface area contributed by atoms with Crippen LogP contribution in [0.3, 0.4) is 0 Å². The molecular weight excluding hydrogens is 799 g/mol. The van der Waals surface area contributed by atoms with Crippen molar-refractivity contribution in [3.63, 3.8) is 0 Å². The average Bonchev–Trinajstić information content (AvgIpc) is 3.78. The molecule has 0 aliphatic heterocycles. The first kappa shape index (κ1) is 37.8. The monoisotopic (exact) mass is 839 g/mol. The predicted octanol–water partition coefficient (Wildman–Crippen LogP) is 18.3. The summed E-state index contributed by atoms with van der Waals surface area (Å²) in [5.74, 6) is 0. The van der Waals surface area contributed by atoms with Crippen LogP contribution in [0.2, 0.25) is 0 Å². The fourth-order valence-corrected chi connectivity index (χ4v) is 10.3. The van der Waals surface area contributed by atoms with Crippen molar-refractivity contribution in [2.45, 2.75) is 0 Å². The van der Waals surface area contributed by atoms with E-state index >= 15 is 0 Å². The van der Waals surface area contributed by atoms with Gasteiger partial charge in [-0.3, -0.25) is 0 Å². The minimum Gasteiger partial charge on any atom is -0.456 e. The minimum atomic E-state index is 0.896. The van der Waals surface area contributed by atoms with Crippen molar-refractivity contribution in [1.82, 2.24) is 0 Å². The second-order valence-corrected chi connectivity index (χ2v) is 17.2. The summed E-state index contributed by atoms with van der Waals surface area (Å²) in [7, 11) is 0. The summed E-state index contributed by atoms with van der Waals surface area (Å²) in [4.78, 5) is 2.41. The summed E-state index contributed by atoms with van der Waals surface area (Å²) in [5.41, 5.74) is 14.5. The smallest absolute Gasteiger partial charge is 0.136 e. The Kier molecular flexibility index (Phi) is 8.89. The van der Waals surface area contributed by atoms with E-state index in [-0.39, 0.29) is 0 Å². The molecule has 0 atom stereocenters. The molecule has 0 saturated carbocycles. The van der Waals surface area contributed by atoms with E-state index < -0.39 is 0 Å². The van der Waals surface area contributed by atoms with E-state index in [2.05, 4.69) is 241 Å². The lowest BCUT2D eigenvalue weighted by Gasteiger charge is -2.28. The van der Waals surface area contributed by atoms with Gasteiger partial charge in [0.2, 0.25) is 0 Å². The first-order chi connectivity index (χ1) is 32.7. The van der Waals surface area contributed by atoms with Crippen LogP contribution < -0.4 is 4.90 Å². The molecule has 66 heavy (non-hydrogen) atoms. The van der Waals surface area contributed by atoms with Gasteiger partial charge in [0.15, 0.2) is 0 Å². The number of fused-ring (bicyclic) bond motifs is 9. The molecule has 0 spiro atoms. The van der Waals surface area contributed by atoms with Gasteiger partial charge >= 0.3 is 0 Å². The highest BCUT2D eigenvalue weighted by atomic mass is 16.3. The molecule has 2 nitrogen and oxygen atoms in total. The van der Waals surface area contributed by atoms with Crippen LogP contribution in [0.1, 0.15) is 0 Å². The first-order valence-corrected chi connectivity index (χ1v) is 22.7. The number of nitrogens with zero attached hydrogens (tertiary/aromatic N) is 1. The van der Waals surface area contributed by atoms with Gasteiger partial charge < -0.3 is 9.32 Å². The quantitative estimate of drug-likeness (QED) is 0.149. The summed E-state index contributed by atoms with van der Waals surface area (Å²) < 4.78 is 6.29. The van der Waals surface area contributed by atoms with Crippen molar-refractivity contribution in [1.29, 1.82) is 0 Å². The summed E-state index contributed by atoms with van der Waals surface area (Å²) in [5, 5.41) is 12.4. The summed E-state index contributed by atoms with van der Waals surface area (Å²) in [6, 6.07) is 90.3. The standard InChI is InChI=1S/C64H41NO/c1-3-14-50-44(12-1)34-40-57-52(18-9-20-54(50)57)46-28-26-42(27-29-46)43-30-36-48(37-31-43)65(49-38-32-47(33-39-49)53-19-11-25-63-64(53)60-17-6-8-24-62(60)66-63)61-23-7-5-16-59(61)56-22-10-21-55-51-15-4-2-13-45(51)35-41-58(55)56/h1-41H. The third-order valence-corrected chi connectivity index (χ3v) is 13.5. The molecule has 308 valence electrons. The van der Waals surface area contributed by atoms with Crippen molar-refractivity contribution in [2.75, 3.05) is 4.90 Å². The number of rotatable bonds is 7. The maximum absolute atomic E-state index is 6.29. The Morgan fingerprint density at radius 1 is 0.242 bits per heavy atom. The zero-order valence-electron chi connectivity index (χ0n) is 36.0. The van der Waals surface area contributed by atoms with Gasteiger partial charge in [0.1, 0.15) is 11.2 Å². The van der Waals surface area contributed by atoms with Crippen LogP contribution >= 0.6 is 0 Å². The van der Waals surface area contributed by atoms with E-state index in [1.165, 1.54) is 70.9 Å².